The molecule has 0 saturated heterocycles. The van der Waals surface area contributed by atoms with E-state index in [1.807, 2.05) is 51.1 Å². The van der Waals surface area contributed by atoms with Gasteiger partial charge in [0.2, 0.25) is 0 Å². The van der Waals surface area contributed by atoms with Crippen molar-refractivity contribution in [2.24, 2.45) is 0 Å². The highest BCUT2D eigenvalue weighted by Gasteiger charge is 2.16. The number of carbonyl (C=O) groups is 2. The van der Waals surface area contributed by atoms with Crippen LogP contribution in [-0.4, -0.2) is 26.5 Å². The van der Waals surface area contributed by atoms with Gasteiger partial charge < -0.3 is 10.3 Å². The van der Waals surface area contributed by atoms with Crippen LogP contribution in [0.1, 0.15) is 51.7 Å². The third-order valence-electron chi connectivity index (χ3n) is 5.36. The Bertz CT molecular complexity index is 1290. The first-order chi connectivity index (χ1) is 14.9. The molecule has 2 aromatic heterocycles. The van der Waals surface area contributed by atoms with Crippen molar-refractivity contribution >= 4 is 39.9 Å². The topological polar surface area (TPSA) is 79.8 Å². The molecule has 6 nitrogen and oxygen atoms in total. The lowest BCUT2D eigenvalue weighted by molar-refractivity contribution is 0.0979. The van der Waals surface area contributed by atoms with Crippen LogP contribution in [0.5, 0.6) is 0 Å². The van der Waals surface area contributed by atoms with Crippen molar-refractivity contribution in [1.29, 1.82) is 0 Å². The molecule has 0 aliphatic heterocycles. The summed E-state index contributed by atoms with van der Waals surface area (Å²) in [4.78, 5) is 28.1. The molecule has 158 valence electrons. The standard InChI is InChI=1S/C24H23ClN4O2/c1-4-5-23(30)19-13-27-29(15(19)3)17-8-6-16(7-9-17)28-24(31)20-12-26-22-10-14(2)21(25)11-18(20)22/h6-13,26H,4-5H2,1-3H3,(H,28,31). The lowest BCUT2D eigenvalue weighted by Crippen LogP contribution is -2.11. The Morgan fingerprint density at radius 1 is 1.13 bits per heavy atom. The van der Waals surface area contributed by atoms with Gasteiger partial charge in [0.25, 0.3) is 5.91 Å². The molecule has 0 bridgehead atoms. The number of aryl methyl sites for hydroxylation is 1. The quantitative estimate of drug-likeness (QED) is 0.373. The van der Waals surface area contributed by atoms with Gasteiger partial charge in [0.05, 0.1) is 28.7 Å². The van der Waals surface area contributed by atoms with Gasteiger partial charge in [-0.15, -0.1) is 0 Å². The van der Waals surface area contributed by atoms with Crippen LogP contribution in [-0.2, 0) is 0 Å². The molecule has 4 rings (SSSR count). The summed E-state index contributed by atoms with van der Waals surface area (Å²) in [7, 11) is 0. The fourth-order valence-corrected chi connectivity index (χ4v) is 3.79. The van der Waals surface area contributed by atoms with Gasteiger partial charge in [0, 0.05) is 34.2 Å². The van der Waals surface area contributed by atoms with Crippen LogP contribution in [0.3, 0.4) is 0 Å². The predicted molar refractivity (Wildman–Crippen MR) is 124 cm³/mol. The van der Waals surface area contributed by atoms with Gasteiger partial charge in [-0.3, -0.25) is 9.59 Å². The number of anilines is 1. The second kappa shape index (κ2) is 8.40. The molecule has 0 aliphatic carbocycles. The van der Waals surface area contributed by atoms with Crippen LogP contribution in [0, 0.1) is 13.8 Å². The number of H-pyrrole nitrogens is 1. The molecule has 0 spiro atoms. The Morgan fingerprint density at radius 3 is 2.58 bits per heavy atom. The second-order valence-corrected chi connectivity index (χ2v) is 7.99. The molecule has 0 unspecified atom stereocenters. The van der Waals surface area contributed by atoms with E-state index in [2.05, 4.69) is 15.4 Å². The smallest absolute Gasteiger partial charge is 0.257 e. The van der Waals surface area contributed by atoms with Crippen molar-refractivity contribution in [2.75, 3.05) is 5.32 Å². The number of nitrogens with one attached hydrogen (secondary N) is 2. The number of fused-ring (bicyclic) bond motifs is 1. The molecule has 2 heterocycles. The van der Waals surface area contributed by atoms with Crippen molar-refractivity contribution in [2.45, 2.75) is 33.6 Å². The number of rotatable bonds is 6. The highest BCUT2D eigenvalue weighted by atomic mass is 35.5. The summed E-state index contributed by atoms with van der Waals surface area (Å²) < 4.78 is 1.73. The SMILES string of the molecule is CCCC(=O)c1cnn(-c2ccc(NC(=O)c3c[nH]c4cc(C)c(Cl)cc34)cc2)c1C. The van der Waals surface area contributed by atoms with E-state index < -0.39 is 0 Å². The first kappa shape index (κ1) is 20.9. The summed E-state index contributed by atoms with van der Waals surface area (Å²) in [6, 6.07) is 11.1. The Morgan fingerprint density at radius 2 is 1.87 bits per heavy atom. The van der Waals surface area contributed by atoms with Crippen molar-refractivity contribution in [3.8, 4) is 5.69 Å². The van der Waals surface area contributed by atoms with E-state index in [-0.39, 0.29) is 11.7 Å². The highest BCUT2D eigenvalue weighted by molar-refractivity contribution is 6.32. The molecule has 4 aromatic rings. The zero-order valence-corrected chi connectivity index (χ0v) is 18.4. The van der Waals surface area contributed by atoms with Crippen molar-refractivity contribution < 1.29 is 9.59 Å². The molecule has 2 N–H and O–H groups in total. The van der Waals surface area contributed by atoms with Crippen LogP contribution in [0.2, 0.25) is 5.02 Å². The minimum absolute atomic E-state index is 0.101. The Hall–Kier alpha value is -3.38. The predicted octanol–water partition coefficient (Wildman–Crippen LogP) is 5.86. The highest BCUT2D eigenvalue weighted by Crippen LogP contribution is 2.26. The summed E-state index contributed by atoms with van der Waals surface area (Å²) >= 11 is 6.23. The monoisotopic (exact) mass is 434 g/mol. The maximum absolute atomic E-state index is 12.8. The van der Waals surface area contributed by atoms with Gasteiger partial charge in [-0.1, -0.05) is 18.5 Å². The number of carbonyl (C=O) groups excluding carboxylic acids is 2. The number of hydrogen-bond donors (Lipinski definition) is 2. The number of hydrogen-bond acceptors (Lipinski definition) is 3. The molecular formula is C24H23ClN4O2. The third-order valence-corrected chi connectivity index (χ3v) is 5.77. The Labute approximate surface area is 185 Å². The van der Waals surface area contributed by atoms with Crippen LogP contribution >= 0.6 is 11.6 Å². The van der Waals surface area contributed by atoms with E-state index in [4.69, 9.17) is 11.6 Å². The van der Waals surface area contributed by atoms with E-state index in [0.29, 0.717) is 28.3 Å². The first-order valence-electron chi connectivity index (χ1n) is 10.2. The maximum Gasteiger partial charge on any atom is 0.257 e. The zero-order chi connectivity index (χ0) is 22.1. The number of aromatic nitrogens is 3. The van der Waals surface area contributed by atoms with Gasteiger partial charge >= 0.3 is 0 Å². The average molecular weight is 435 g/mol. The van der Waals surface area contributed by atoms with Crippen molar-refractivity contribution in [3.05, 3.63) is 76.2 Å². The zero-order valence-electron chi connectivity index (χ0n) is 17.6. The molecule has 1 amide bonds. The lowest BCUT2D eigenvalue weighted by Gasteiger charge is -2.08. The summed E-state index contributed by atoms with van der Waals surface area (Å²) in [5, 5.41) is 8.68. The molecule has 31 heavy (non-hydrogen) atoms. The number of benzene rings is 2. The van der Waals surface area contributed by atoms with E-state index in [9.17, 15) is 9.59 Å². The van der Waals surface area contributed by atoms with Gasteiger partial charge in [0.1, 0.15) is 0 Å². The van der Waals surface area contributed by atoms with Crippen molar-refractivity contribution in [1.82, 2.24) is 14.8 Å². The van der Waals surface area contributed by atoms with Crippen LogP contribution in [0.15, 0.2) is 48.8 Å². The second-order valence-electron chi connectivity index (χ2n) is 7.58. The van der Waals surface area contributed by atoms with E-state index in [1.165, 1.54) is 0 Å². The minimum Gasteiger partial charge on any atom is -0.360 e. The maximum atomic E-state index is 12.8. The average Bonchev–Trinajstić information content (AvgIpc) is 3.32. The van der Waals surface area contributed by atoms with Crippen LogP contribution in [0.25, 0.3) is 16.6 Å². The number of halogens is 1. The van der Waals surface area contributed by atoms with E-state index in [1.54, 1.807) is 23.1 Å². The van der Waals surface area contributed by atoms with Crippen molar-refractivity contribution in [3.63, 3.8) is 0 Å². The normalized spacial score (nSPS) is 11.1. The van der Waals surface area contributed by atoms with Gasteiger partial charge in [-0.05, 0) is 62.2 Å². The Balaban J connectivity index is 1.54. The van der Waals surface area contributed by atoms with Crippen LogP contribution < -0.4 is 5.32 Å². The number of nitrogens with zero attached hydrogens (tertiary/aromatic N) is 2. The van der Waals surface area contributed by atoms with Gasteiger partial charge in [0.15, 0.2) is 5.78 Å². The largest absolute Gasteiger partial charge is 0.360 e. The summed E-state index contributed by atoms with van der Waals surface area (Å²) in [6.45, 7) is 5.79. The molecule has 0 aliphatic rings. The summed E-state index contributed by atoms with van der Waals surface area (Å²) in [5.74, 6) is -0.120. The number of amides is 1. The third kappa shape index (κ3) is 3.99. The molecule has 0 atom stereocenters. The van der Waals surface area contributed by atoms with Crippen LogP contribution in [0.4, 0.5) is 5.69 Å². The fraction of sp³-hybridized carbons (Fsp3) is 0.208. The fourth-order valence-electron chi connectivity index (χ4n) is 3.63. The molecule has 2 aromatic carbocycles. The van der Waals surface area contributed by atoms with Gasteiger partial charge in [-0.2, -0.15) is 5.10 Å². The molecule has 7 heteroatoms. The molecule has 0 fully saturated rings. The number of Topliss-reactive ketones (excluding diaryl/α,β-unsaturated/α-hetero) is 1. The summed E-state index contributed by atoms with van der Waals surface area (Å²) in [6.07, 6.45) is 4.62. The number of aromatic amines is 1. The van der Waals surface area contributed by atoms with E-state index in [0.717, 1.165) is 34.3 Å². The van der Waals surface area contributed by atoms with E-state index >= 15 is 0 Å². The molecule has 0 radical (unpaired) electrons. The van der Waals surface area contributed by atoms with Gasteiger partial charge in [-0.25, -0.2) is 4.68 Å². The molecular weight excluding hydrogens is 412 g/mol. The minimum atomic E-state index is -0.221. The Kier molecular flexibility index (Phi) is 5.65. The molecule has 0 saturated carbocycles. The first-order valence-corrected chi connectivity index (χ1v) is 10.5. The number of ketones is 1. The summed E-state index contributed by atoms with van der Waals surface area (Å²) in [5.41, 5.74) is 5.28. The lowest BCUT2D eigenvalue weighted by atomic mass is 10.1.